The van der Waals surface area contributed by atoms with Crippen molar-refractivity contribution >= 4 is 0 Å². The average Bonchev–Trinajstić information content (AvgIpc) is 3.14. The molecule has 1 atom stereocenters. The van der Waals surface area contributed by atoms with Crippen molar-refractivity contribution < 1.29 is 9.47 Å². The van der Waals surface area contributed by atoms with E-state index in [1.54, 1.807) is 0 Å². The minimum Gasteiger partial charge on any atom is -0.343 e. The average molecular weight is 336 g/mol. The van der Waals surface area contributed by atoms with Crippen LogP contribution in [-0.4, -0.2) is 32.2 Å². The van der Waals surface area contributed by atoms with Gasteiger partial charge >= 0.3 is 0 Å². The van der Waals surface area contributed by atoms with Crippen molar-refractivity contribution in [1.29, 1.82) is 5.26 Å². The normalized spacial score (nSPS) is 18.6. The van der Waals surface area contributed by atoms with Crippen molar-refractivity contribution in [2.75, 3.05) is 27.3 Å². The van der Waals surface area contributed by atoms with Gasteiger partial charge in [-0.25, -0.2) is 0 Å². The van der Waals surface area contributed by atoms with Crippen LogP contribution in [0.25, 0.3) is 0 Å². The fourth-order valence-electron chi connectivity index (χ4n) is 3.51. The van der Waals surface area contributed by atoms with E-state index in [4.69, 9.17) is 9.47 Å². The summed E-state index contributed by atoms with van der Waals surface area (Å²) >= 11 is 0. The topological polar surface area (TPSA) is 45.5 Å². The minimum absolute atomic E-state index is 0.571. The predicted molar refractivity (Wildman–Crippen MR) is 96.7 cm³/mol. The van der Waals surface area contributed by atoms with Crippen molar-refractivity contribution in [1.82, 2.24) is 4.90 Å². The van der Waals surface area contributed by atoms with Crippen LogP contribution in [0.3, 0.4) is 0 Å². The number of hydrogen-bond donors (Lipinski definition) is 0. The monoisotopic (exact) mass is 336 g/mol. The maximum Gasteiger partial charge on any atom is 0.195 e. The molecule has 0 amide bonds. The Hall–Kier alpha value is -2.19. The van der Waals surface area contributed by atoms with Crippen LogP contribution in [0.15, 0.2) is 60.7 Å². The zero-order chi connectivity index (χ0) is 17.8. The molecule has 2 aromatic carbocycles. The summed E-state index contributed by atoms with van der Waals surface area (Å²) in [5.41, 5.74) is 1.27. The van der Waals surface area contributed by atoms with Gasteiger partial charge in [0, 0.05) is 12.0 Å². The first-order chi connectivity index (χ1) is 12.1. The van der Waals surface area contributed by atoms with Gasteiger partial charge in [-0.3, -0.25) is 4.90 Å². The van der Waals surface area contributed by atoms with E-state index in [1.807, 2.05) is 79.7 Å². The van der Waals surface area contributed by atoms with Gasteiger partial charge in [0.05, 0.1) is 19.3 Å². The van der Waals surface area contributed by atoms with Gasteiger partial charge in [-0.15, -0.1) is 0 Å². The molecule has 0 spiro atoms. The van der Waals surface area contributed by atoms with Crippen molar-refractivity contribution in [3.63, 3.8) is 0 Å². The first-order valence-electron chi connectivity index (χ1n) is 8.61. The Morgan fingerprint density at radius 2 is 1.56 bits per heavy atom. The van der Waals surface area contributed by atoms with Gasteiger partial charge in [-0.1, -0.05) is 60.7 Å². The summed E-state index contributed by atoms with van der Waals surface area (Å²) in [5, 5.41) is 10.1. The Morgan fingerprint density at radius 1 is 1.00 bits per heavy atom. The molecule has 1 aliphatic rings. The molecule has 0 bridgehead atoms. The van der Waals surface area contributed by atoms with E-state index in [2.05, 4.69) is 6.07 Å². The molecule has 1 saturated heterocycles. The van der Waals surface area contributed by atoms with Gasteiger partial charge in [0.2, 0.25) is 0 Å². The molecule has 0 radical (unpaired) electrons. The summed E-state index contributed by atoms with van der Waals surface area (Å²) in [7, 11) is 3.89. The zero-order valence-electron chi connectivity index (χ0n) is 14.8. The van der Waals surface area contributed by atoms with E-state index in [0.29, 0.717) is 26.1 Å². The lowest BCUT2D eigenvalue weighted by Crippen LogP contribution is -2.42. The smallest absolute Gasteiger partial charge is 0.195 e. The Balaban J connectivity index is 1.91. The molecule has 1 unspecified atom stereocenters. The summed E-state index contributed by atoms with van der Waals surface area (Å²) < 4.78 is 12.1. The van der Waals surface area contributed by atoms with Gasteiger partial charge in [0.25, 0.3) is 0 Å². The standard InChI is InChI=1S/C21H24N2O2/c1-23(2)20(17-22,18-9-5-3-6-10-18)13-14-21(24-15-16-25-21)19-11-7-4-8-12-19/h3-12H,13-16H2,1-2H3. The zero-order valence-corrected chi connectivity index (χ0v) is 14.8. The van der Waals surface area contributed by atoms with E-state index >= 15 is 0 Å². The molecule has 130 valence electrons. The summed E-state index contributed by atoms with van der Waals surface area (Å²) in [6.07, 6.45) is 1.22. The van der Waals surface area contributed by atoms with E-state index in [1.165, 1.54) is 0 Å². The van der Waals surface area contributed by atoms with Crippen molar-refractivity contribution in [3.05, 3.63) is 71.8 Å². The van der Waals surface area contributed by atoms with Crippen LogP contribution in [0, 0.1) is 11.3 Å². The summed E-state index contributed by atoms with van der Waals surface area (Å²) in [4.78, 5) is 1.98. The van der Waals surface area contributed by atoms with Crippen LogP contribution < -0.4 is 0 Å². The molecule has 1 fully saturated rings. The number of nitrogens with zero attached hydrogens (tertiary/aromatic N) is 2. The number of rotatable bonds is 6. The maximum atomic E-state index is 10.1. The highest BCUT2D eigenvalue weighted by Gasteiger charge is 2.43. The second kappa shape index (κ2) is 7.37. The fourth-order valence-corrected chi connectivity index (χ4v) is 3.51. The number of ether oxygens (including phenoxy) is 2. The Bertz CT molecular complexity index is 719. The lowest BCUT2D eigenvalue weighted by Gasteiger charge is -2.37. The van der Waals surface area contributed by atoms with Gasteiger partial charge < -0.3 is 9.47 Å². The third-order valence-corrected chi connectivity index (χ3v) is 4.98. The Morgan fingerprint density at radius 3 is 2.08 bits per heavy atom. The lowest BCUT2D eigenvalue weighted by molar-refractivity contribution is -0.175. The van der Waals surface area contributed by atoms with Gasteiger partial charge in [0.15, 0.2) is 5.79 Å². The molecule has 0 N–H and O–H groups in total. The number of benzene rings is 2. The van der Waals surface area contributed by atoms with Crippen LogP contribution in [0.1, 0.15) is 24.0 Å². The van der Waals surface area contributed by atoms with Crippen LogP contribution in [-0.2, 0) is 20.8 Å². The molecular weight excluding hydrogens is 312 g/mol. The molecule has 0 aliphatic carbocycles. The quantitative estimate of drug-likeness (QED) is 0.808. The van der Waals surface area contributed by atoms with E-state index < -0.39 is 11.3 Å². The fraction of sp³-hybridized carbons (Fsp3) is 0.381. The van der Waals surface area contributed by atoms with Gasteiger partial charge in [-0.2, -0.15) is 5.26 Å². The second-order valence-electron chi connectivity index (χ2n) is 6.55. The summed E-state index contributed by atoms with van der Waals surface area (Å²) in [6, 6.07) is 22.5. The van der Waals surface area contributed by atoms with E-state index in [-0.39, 0.29) is 0 Å². The SMILES string of the molecule is CN(C)C(C#N)(CCC1(c2ccccc2)OCCO1)c1ccccc1. The lowest BCUT2D eigenvalue weighted by atomic mass is 9.83. The third kappa shape index (κ3) is 3.32. The van der Waals surface area contributed by atoms with Gasteiger partial charge in [-0.05, 0) is 26.1 Å². The third-order valence-electron chi connectivity index (χ3n) is 4.98. The molecule has 0 saturated carbocycles. The first kappa shape index (κ1) is 17.6. The van der Waals surface area contributed by atoms with Crippen molar-refractivity contribution in [3.8, 4) is 6.07 Å². The number of hydrogen-bond acceptors (Lipinski definition) is 4. The highest BCUT2D eigenvalue weighted by molar-refractivity contribution is 5.32. The summed E-state index contributed by atoms with van der Waals surface area (Å²) in [5.74, 6) is -0.770. The molecule has 2 aromatic rings. The highest BCUT2D eigenvalue weighted by Crippen LogP contribution is 2.41. The Kier molecular flexibility index (Phi) is 5.19. The highest BCUT2D eigenvalue weighted by atomic mass is 16.7. The van der Waals surface area contributed by atoms with Gasteiger partial charge in [0.1, 0.15) is 5.54 Å². The van der Waals surface area contributed by atoms with Crippen molar-refractivity contribution in [2.45, 2.75) is 24.2 Å². The maximum absolute atomic E-state index is 10.1. The molecule has 3 rings (SSSR count). The molecule has 1 aliphatic heterocycles. The molecule has 25 heavy (non-hydrogen) atoms. The molecule has 1 heterocycles. The van der Waals surface area contributed by atoms with Crippen LogP contribution in [0.5, 0.6) is 0 Å². The number of nitriles is 1. The van der Waals surface area contributed by atoms with E-state index in [9.17, 15) is 5.26 Å². The van der Waals surface area contributed by atoms with Crippen LogP contribution >= 0.6 is 0 Å². The molecule has 4 nitrogen and oxygen atoms in total. The van der Waals surface area contributed by atoms with Crippen LogP contribution in [0.4, 0.5) is 0 Å². The van der Waals surface area contributed by atoms with Crippen LogP contribution in [0.2, 0.25) is 0 Å². The summed E-state index contributed by atoms with van der Waals surface area (Å²) in [6.45, 7) is 1.14. The molecule has 4 heteroatoms. The minimum atomic E-state index is -0.770. The first-order valence-corrected chi connectivity index (χ1v) is 8.61. The molecule has 0 aromatic heterocycles. The second-order valence-corrected chi connectivity index (χ2v) is 6.55. The van der Waals surface area contributed by atoms with E-state index in [0.717, 1.165) is 11.1 Å². The van der Waals surface area contributed by atoms with Crippen molar-refractivity contribution in [2.24, 2.45) is 0 Å². The largest absolute Gasteiger partial charge is 0.343 e. The molecular formula is C21H24N2O2. The predicted octanol–water partition coefficient (Wildman–Crippen LogP) is 3.65. The Labute approximate surface area is 149 Å².